The van der Waals surface area contributed by atoms with Gasteiger partial charge in [-0.05, 0) is 61.7 Å². The lowest BCUT2D eigenvalue weighted by Crippen LogP contribution is -2.30. The number of thiophene rings is 1. The molecule has 0 saturated carbocycles. The number of Topliss-reactive ketones (excluding diaryl/α,β-unsaturated/α-hetero) is 1. The van der Waals surface area contributed by atoms with E-state index in [9.17, 15) is 14.4 Å². The highest BCUT2D eigenvalue weighted by Gasteiger charge is 2.22. The molecule has 1 aromatic carbocycles. The maximum Gasteiger partial charge on any atom is 0.351 e. The Balaban J connectivity index is 1.64. The Morgan fingerprint density at radius 2 is 1.74 bits per heavy atom. The van der Waals surface area contributed by atoms with Crippen LogP contribution in [0.3, 0.4) is 0 Å². The average Bonchev–Trinajstić information content (AvgIpc) is 3.33. The Labute approximate surface area is 160 Å². The van der Waals surface area contributed by atoms with Gasteiger partial charge in [-0.3, -0.25) is 9.59 Å². The zero-order chi connectivity index (χ0) is 19.4. The highest BCUT2D eigenvalue weighted by atomic mass is 32.1. The molecule has 6 nitrogen and oxygen atoms in total. The summed E-state index contributed by atoms with van der Waals surface area (Å²) in [6.45, 7) is 2.99. The second-order valence-corrected chi connectivity index (χ2v) is 6.81. The Morgan fingerprint density at radius 3 is 2.37 bits per heavy atom. The molecule has 27 heavy (non-hydrogen) atoms. The van der Waals surface area contributed by atoms with Gasteiger partial charge in [0.05, 0.1) is 5.69 Å². The fourth-order valence-electron chi connectivity index (χ4n) is 2.45. The van der Waals surface area contributed by atoms with E-state index in [0.29, 0.717) is 21.8 Å². The fraction of sp³-hybridized carbons (Fsp3) is 0.150. The molecule has 2 aromatic heterocycles. The Bertz CT molecular complexity index is 958. The molecule has 3 aromatic rings. The Morgan fingerprint density at radius 1 is 1.07 bits per heavy atom. The summed E-state index contributed by atoms with van der Waals surface area (Å²) in [5, 5.41) is 4.47. The van der Waals surface area contributed by atoms with Gasteiger partial charge in [0, 0.05) is 23.6 Å². The van der Waals surface area contributed by atoms with Crippen molar-refractivity contribution in [1.82, 2.24) is 4.57 Å². The van der Waals surface area contributed by atoms with Gasteiger partial charge in [-0.2, -0.15) is 0 Å². The van der Waals surface area contributed by atoms with Gasteiger partial charge in [0.2, 0.25) is 0 Å². The summed E-state index contributed by atoms with van der Waals surface area (Å²) in [7, 11) is 0. The van der Waals surface area contributed by atoms with Crippen LogP contribution in [0.15, 0.2) is 60.2 Å². The smallest absolute Gasteiger partial charge is 0.351 e. The lowest BCUT2D eigenvalue weighted by Gasteiger charge is -2.14. The molecule has 0 fully saturated rings. The molecule has 1 N–H and O–H groups in total. The number of hydrogen-bond donors (Lipinski definition) is 1. The van der Waals surface area contributed by atoms with Crippen LogP contribution in [0.1, 0.15) is 33.9 Å². The van der Waals surface area contributed by atoms with Crippen LogP contribution in [0, 0.1) is 0 Å². The second-order valence-electron chi connectivity index (χ2n) is 5.90. The molecule has 1 unspecified atom stereocenters. The topological polar surface area (TPSA) is 77.4 Å². The molecule has 0 aliphatic carbocycles. The van der Waals surface area contributed by atoms with Gasteiger partial charge in [-0.15, -0.1) is 11.3 Å². The van der Waals surface area contributed by atoms with Gasteiger partial charge < -0.3 is 14.6 Å². The number of ketones is 1. The molecule has 0 spiro atoms. The van der Waals surface area contributed by atoms with Gasteiger partial charge in [-0.1, -0.05) is 0 Å². The van der Waals surface area contributed by atoms with Crippen molar-refractivity contribution in [1.29, 1.82) is 0 Å². The number of ether oxygens (including phenoxy) is 1. The molecular weight excluding hydrogens is 364 g/mol. The molecule has 0 radical (unpaired) electrons. The minimum atomic E-state index is -0.968. The van der Waals surface area contributed by atoms with Crippen LogP contribution in [0.2, 0.25) is 0 Å². The van der Waals surface area contributed by atoms with Crippen molar-refractivity contribution in [2.75, 3.05) is 5.32 Å². The van der Waals surface area contributed by atoms with Crippen molar-refractivity contribution in [3.05, 3.63) is 70.7 Å². The molecule has 0 aliphatic rings. The largest absolute Gasteiger partial charge is 0.448 e. The zero-order valence-corrected chi connectivity index (χ0v) is 15.7. The van der Waals surface area contributed by atoms with Crippen molar-refractivity contribution in [3.8, 4) is 5.69 Å². The van der Waals surface area contributed by atoms with E-state index in [2.05, 4.69) is 5.32 Å². The lowest BCUT2D eigenvalue weighted by molar-refractivity contribution is -0.123. The molecule has 1 atom stereocenters. The van der Waals surface area contributed by atoms with Crippen LogP contribution < -0.4 is 5.32 Å². The first kappa shape index (κ1) is 18.6. The minimum Gasteiger partial charge on any atom is -0.448 e. The highest BCUT2D eigenvalue weighted by molar-refractivity contribution is 7.12. The maximum atomic E-state index is 12.5. The first-order valence-corrected chi connectivity index (χ1v) is 9.17. The van der Waals surface area contributed by atoms with E-state index in [1.807, 2.05) is 35.2 Å². The third-order valence-corrected chi connectivity index (χ3v) is 4.81. The number of esters is 1. The Kier molecular flexibility index (Phi) is 5.52. The van der Waals surface area contributed by atoms with E-state index in [1.165, 1.54) is 25.2 Å². The molecule has 2 heterocycles. The van der Waals surface area contributed by atoms with Crippen LogP contribution in [-0.4, -0.2) is 28.3 Å². The quantitative estimate of drug-likeness (QED) is 0.518. The van der Waals surface area contributed by atoms with Gasteiger partial charge in [0.15, 0.2) is 11.9 Å². The fourth-order valence-corrected chi connectivity index (χ4v) is 3.23. The number of carbonyl (C=O) groups excluding carboxylic acids is 3. The number of rotatable bonds is 6. The monoisotopic (exact) mass is 382 g/mol. The maximum absolute atomic E-state index is 12.5. The first-order valence-electron chi connectivity index (χ1n) is 8.29. The lowest BCUT2D eigenvalue weighted by atomic mass is 10.1. The molecule has 1 amide bonds. The van der Waals surface area contributed by atoms with Crippen molar-refractivity contribution in [3.63, 3.8) is 0 Å². The van der Waals surface area contributed by atoms with Crippen molar-refractivity contribution in [2.24, 2.45) is 0 Å². The number of hydrogen-bond acceptors (Lipinski definition) is 5. The van der Waals surface area contributed by atoms with E-state index < -0.39 is 18.0 Å². The highest BCUT2D eigenvalue weighted by Crippen LogP contribution is 2.23. The summed E-state index contributed by atoms with van der Waals surface area (Å²) < 4.78 is 7.14. The molecule has 0 bridgehead atoms. The Hall–Kier alpha value is -3.19. The molecule has 138 valence electrons. The molecule has 3 rings (SSSR count). The summed E-state index contributed by atoms with van der Waals surface area (Å²) in [4.78, 5) is 36.5. The predicted molar refractivity (Wildman–Crippen MR) is 104 cm³/mol. The summed E-state index contributed by atoms with van der Waals surface area (Å²) in [5.41, 5.74) is 1.79. The van der Waals surface area contributed by atoms with Gasteiger partial charge >= 0.3 is 5.97 Å². The number of aromatic nitrogens is 1. The SMILES string of the molecule is CC(=O)c1ccc(NC(=O)C(C)OC(=O)c2sccc2-n2cccc2)cc1. The third kappa shape index (κ3) is 4.32. The van der Waals surface area contributed by atoms with Crippen LogP contribution in [-0.2, 0) is 9.53 Å². The summed E-state index contributed by atoms with van der Waals surface area (Å²) in [6, 6.07) is 12.1. The minimum absolute atomic E-state index is 0.0513. The number of nitrogens with zero attached hydrogens (tertiary/aromatic N) is 1. The van der Waals surface area contributed by atoms with E-state index >= 15 is 0 Å². The van der Waals surface area contributed by atoms with Crippen molar-refractivity contribution in [2.45, 2.75) is 20.0 Å². The molecule has 7 heteroatoms. The van der Waals surface area contributed by atoms with E-state index in [0.717, 1.165) is 0 Å². The van der Waals surface area contributed by atoms with Crippen LogP contribution in [0.4, 0.5) is 5.69 Å². The van der Waals surface area contributed by atoms with E-state index in [4.69, 9.17) is 4.74 Å². The standard InChI is InChI=1S/C20H18N2O4S/c1-13(23)15-5-7-16(8-6-15)21-19(24)14(2)26-20(25)18-17(9-12-27-18)22-10-3-4-11-22/h3-12,14H,1-2H3,(H,21,24). The van der Waals surface area contributed by atoms with Crippen LogP contribution >= 0.6 is 11.3 Å². The van der Waals surface area contributed by atoms with Crippen molar-refractivity contribution >= 4 is 34.7 Å². The predicted octanol–water partition coefficient (Wildman–Crippen LogP) is 3.93. The van der Waals surface area contributed by atoms with Crippen molar-refractivity contribution < 1.29 is 19.1 Å². The van der Waals surface area contributed by atoms with E-state index in [1.54, 1.807) is 29.6 Å². The van der Waals surface area contributed by atoms with Gasteiger partial charge in [-0.25, -0.2) is 4.79 Å². The second kappa shape index (κ2) is 8.01. The van der Waals surface area contributed by atoms with Crippen LogP contribution in [0.25, 0.3) is 5.69 Å². The average molecular weight is 382 g/mol. The van der Waals surface area contributed by atoms with Crippen LogP contribution in [0.5, 0.6) is 0 Å². The number of anilines is 1. The summed E-state index contributed by atoms with van der Waals surface area (Å²) >= 11 is 1.26. The van der Waals surface area contributed by atoms with Gasteiger partial charge in [0.1, 0.15) is 4.88 Å². The number of carbonyl (C=O) groups is 3. The van der Waals surface area contributed by atoms with E-state index in [-0.39, 0.29) is 5.78 Å². The van der Waals surface area contributed by atoms with Gasteiger partial charge in [0.25, 0.3) is 5.91 Å². The first-order chi connectivity index (χ1) is 13.0. The normalized spacial score (nSPS) is 11.6. The molecule has 0 aliphatic heterocycles. The third-order valence-electron chi connectivity index (χ3n) is 3.92. The summed E-state index contributed by atoms with van der Waals surface area (Å²) in [6.07, 6.45) is 2.70. The number of amides is 1. The number of nitrogens with one attached hydrogen (secondary N) is 1. The summed E-state index contributed by atoms with van der Waals surface area (Å²) in [5.74, 6) is -1.05. The molecular formula is C20H18N2O4S. The molecule has 0 saturated heterocycles. The zero-order valence-electron chi connectivity index (χ0n) is 14.8. The number of benzene rings is 1.